The largest absolute Gasteiger partial charge is 0.432 e. The number of nitrogens with one attached hydrogen (secondary N) is 1. The number of hydrogen-bond donors (Lipinski definition) is 1. The normalized spacial score (nSPS) is 11.2. The molecule has 0 atom stereocenters. The number of anilines is 2. The van der Waals surface area contributed by atoms with Gasteiger partial charge in [-0.3, -0.25) is 9.55 Å². The molecule has 2 aromatic carbocycles. The van der Waals surface area contributed by atoms with Crippen LogP contribution in [0.3, 0.4) is 0 Å². The van der Waals surface area contributed by atoms with Crippen LogP contribution in [-0.2, 0) is 0 Å². The first-order valence-corrected chi connectivity index (χ1v) is 8.29. The standard InChI is InChI=1S/C19H14F3N5O/c1-11-24-14-4-2-3-5-15(14)27(11)18-10-23-9-17(26-18)25-12-6-7-16(13(20)8-12)28-19(21)22/h2-10,19H,1H3,(H,25,26). The molecule has 0 fully saturated rings. The highest BCUT2D eigenvalue weighted by Gasteiger charge is 2.13. The van der Waals surface area contributed by atoms with Gasteiger partial charge in [-0.1, -0.05) is 12.1 Å². The first-order valence-electron chi connectivity index (χ1n) is 8.29. The van der Waals surface area contributed by atoms with Crippen LogP contribution in [0, 0.1) is 12.7 Å². The lowest BCUT2D eigenvalue weighted by Crippen LogP contribution is -2.05. The van der Waals surface area contributed by atoms with Crippen molar-refractivity contribution in [3.8, 4) is 11.6 Å². The minimum Gasteiger partial charge on any atom is -0.432 e. The Balaban J connectivity index is 1.64. The van der Waals surface area contributed by atoms with Gasteiger partial charge in [-0.05, 0) is 31.2 Å². The fourth-order valence-corrected chi connectivity index (χ4v) is 2.88. The number of benzene rings is 2. The molecule has 0 unspecified atom stereocenters. The average molecular weight is 385 g/mol. The number of nitrogens with zero attached hydrogens (tertiary/aromatic N) is 4. The smallest absolute Gasteiger partial charge is 0.387 e. The summed E-state index contributed by atoms with van der Waals surface area (Å²) in [6, 6.07) is 11.2. The summed E-state index contributed by atoms with van der Waals surface area (Å²) in [5.74, 6) is 0.199. The predicted octanol–water partition coefficient (Wildman–Crippen LogP) is 4.61. The number of para-hydroxylation sites is 2. The number of aromatic nitrogens is 4. The van der Waals surface area contributed by atoms with E-state index in [1.165, 1.54) is 12.3 Å². The maximum absolute atomic E-state index is 13.9. The van der Waals surface area contributed by atoms with Gasteiger partial charge in [-0.25, -0.2) is 14.4 Å². The van der Waals surface area contributed by atoms with Crippen molar-refractivity contribution in [3.63, 3.8) is 0 Å². The third kappa shape index (κ3) is 3.46. The number of hydrogen-bond acceptors (Lipinski definition) is 5. The highest BCUT2D eigenvalue weighted by molar-refractivity contribution is 5.77. The van der Waals surface area contributed by atoms with Gasteiger partial charge in [0.15, 0.2) is 23.2 Å². The van der Waals surface area contributed by atoms with Gasteiger partial charge in [0.25, 0.3) is 0 Å². The van der Waals surface area contributed by atoms with Crippen molar-refractivity contribution in [2.75, 3.05) is 5.32 Å². The van der Waals surface area contributed by atoms with Gasteiger partial charge in [-0.15, -0.1) is 0 Å². The molecule has 142 valence electrons. The van der Waals surface area contributed by atoms with Crippen molar-refractivity contribution in [1.29, 1.82) is 0 Å². The molecule has 0 aliphatic carbocycles. The SMILES string of the molecule is Cc1nc2ccccc2n1-c1cncc(Nc2ccc(OC(F)F)c(F)c2)n1. The van der Waals surface area contributed by atoms with E-state index in [1.807, 2.05) is 35.8 Å². The molecule has 0 radical (unpaired) electrons. The van der Waals surface area contributed by atoms with E-state index < -0.39 is 18.2 Å². The second kappa shape index (κ2) is 7.18. The topological polar surface area (TPSA) is 64.9 Å². The molecule has 9 heteroatoms. The fraction of sp³-hybridized carbons (Fsp3) is 0.105. The van der Waals surface area contributed by atoms with Gasteiger partial charge >= 0.3 is 6.61 Å². The summed E-state index contributed by atoms with van der Waals surface area (Å²) < 4.78 is 44.3. The molecule has 6 nitrogen and oxygen atoms in total. The van der Waals surface area contributed by atoms with Gasteiger partial charge in [-0.2, -0.15) is 8.78 Å². The van der Waals surface area contributed by atoms with Gasteiger partial charge in [0, 0.05) is 11.8 Å². The lowest BCUT2D eigenvalue weighted by Gasteiger charge is -2.11. The highest BCUT2D eigenvalue weighted by Crippen LogP contribution is 2.25. The summed E-state index contributed by atoms with van der Waals surface area (Å²) in [6.07, 6.45) is 3.06. The minimum atomic E-state index is -3.09. The number of rotatable bonds is 5. The summed E-state index contributed by atoms with van der Waals surface area (Å²) in [4.78, 5) is 13.2. The van der Waals surface area contributed by atoms with Crippen LogP contribution in [-0.4, -0.2) is 26.1 Å². The van der Waals surface area contributed by atoms with Crippen LogP contribution in [0.2, 0.25) is 0 Å². The Morgan fingerprint density at radius 2 is 1.89 bits per heavy atom. The summed E-state index contributed by atoms with van der Waals surface area (Å²) in [7, 11) is 0. The van der Waals surface area contributed by atoms with E-state index in [0.717, 1.165) is 29.0 Å². The van der Waals surface area contributed by atoms with Crippen LogP contribution >= 0.6 is 0 Å². The quantitative estimate of drug-likeness (QED) is 0.544. The number of fused-ring (bicyclic) bond motifs is 1. The van der Waals surface area contributed by atoms with E-state index in [1.54, 1.807) is 6.20 Å². The minimum absolute atomic E-state index is 0.317. The Hall–Kier alpha value is -3.62. The molecule has 0 aliphatic rings. The molecule has 2 heterocycles. The zero-order chi connectivity index (χ0) is 19.7. The first-order chi connectivity index (χ1) is 13.5. The Kier molecular flexibility index (Phi) is 4.56. The second-order valence-corrected chi connectivity index (χ2v) is 5.89. The van der Waals surface area contributed by atoms with Crippen molar-refractivity contribution >= 4 is 22.5 Å². The van der Waals surface area contributed by atoms with E-state index in [9.17, 15) is 13.2 Å². The number of ether oxygens (including phenoxy) is 1. The van der Waals surface area contributed by atoms with E-state index in [0.29, 0.717) is 17.3 Å². The molecular formula is C19H14F3N5O. The summed E-state index contributed by atoms with van der Waals surface area (Å²) in [6.45, 7) is -1.23. The number of imidazole rings is 1. The summed E-state index contributed by atoms with van der Waals surface area (Å²) in [5, 5.41) is 2.90. The van der Waals surface area contributed by atoms with Crippen molar-refractivity contribution in [1.82, 2.24) is 19.5 Å². The Morgan fingerprint density at radius 3 is 2.68 bits per heavy atom. The molecule has 4 rings (SSSR count). The molecule has 28 heavy (non-hydrogen) atoms. The zero-order valence-corrected chi connectivity index (χ0v) is 14.6. The molecule has 0 aliphatic heterocycles. The predicted molar refractivity (Wildman–Crippen MR) is 97.7 cm³/mol. The van der Waals surface area contributed by atoms with E-state index in [-0.39, 0.29) is 0 Å². The molecule has 1 N–H and O–H groups in total. The van der Waals surface area contributed by atoms with Crippen LogP contribution in [0.5, 0.6) is 5.75 Å². The van der Waals surface area contributed by atoms with E-state index in [4.69, 9.17) is 0 Å². The molecule has 0 bridgehead atoms. The number of halogens is 3. The highest BCUT2D eigenvalue weighted by atomic mass is 19.3. The lowest BCUT2D eigenvalue weighted by atomic mass is 10.3. The first kappa shape index (κ1) is 17.8. The van der Waals surface area contributed by atoms with Gasteiger partial charge in [0.05, 0.1) is 23.4 Å². The van der Waals surface area contributed by atoms with Crippen LogP contribution in [0.4, 0.5) is 24.7 Å². The summed E-state index contributed by atoms with van der Waals surface area (Å²) in [5.41, 5.74) is 2.03. The van der Waals surface area contributed by atoms with Crippen LogP contribution in [0.15, 0.2) is 54.9 Å². The van der Waals surface area contributed by atoms with Crippen molar-refractivity contribution in [2.45, 2.75) is 13.5 Å². The van der Waals surface area contributed by atoms with Crippen molar-refractivity contribution in [2.24, 2.45) is 0 Å². The molecule has 0 saturated carbocycles. The number of alkyl halides is 2. The summed E-state index contributed by atoms with van der Waals surface area (Å²) >= 11 is 0. The average Bonchev–Trinajstić information content (AvgIpc) is 2.99. The van der Waals surface area contributed by atoms with Crippen LogP contribution < -0.4 is 10.1 Å². The Morgan fingerprint density at radius 1 is 1.07 bits per heavy atom. The van der Waals surface area contributed by atoms with Crippen LogP contribution in [0.1, 0.15) is 5.82 Å². The molecule has 0 spiro atoms. The van der Waals surface area contributed by atoms with Crippen molar-refractivity contribution in [3.05, 3.63) is 66.5 Å². The van der Waals surface area contributed by atoms with Gasteiger partial charge < -0.3 is 10.1 Å². The van der Waals surface area contributed by atoms with Gasteiger partial charge in [0.1, 0.15) is 5.82 Å². The third-order valence-corrected chi connectivity index (χ3v) is 4.00. The lowest BCUT2D eigenvalue weighted by molar-refractivity contribution is -0.0521. The van der Waals surface area contributed by atoms with Crippen molar-refractivity contribution < 1.29 is 17.9 Å². The Bertz CT molecular complexity index is 1150. The molecule has 0 amide bonds. The molecular weight excluding hydrogens is 371 g/mol. The molecule has 0 saturated heterocycles. The third-order valence-electron chi connectivity index (χ3n) is 4.00. The second-order valence-electron chi connectivity index (χ2n) is 5.89. The maximum atomic E-state index is 13.9. The maximum Gasteiger partial charge on any atom is 0.387 e. The Labute approximate surface area is 157 Å². The monoisotopic (exact) mass is 385 g/mol. The van der Waals surface area contributed by atoms with Gasteiger partial charge in [0.2, 0.25) is 0 Å². The van der Waals surface area contributed by atoms with Crippen LogP contribution in [0.25, 0.3) is 16.9 Å². The number of aryl methyl sites for hydroxylation is 1. The fourth-order valence-electron chi connectivity index (χ4n) is 2.88. The molecule has 2 aromatic heterocycles. The molecule has 4 aromatic rings. The van der Waals surface area contributed by atoms with E-state index >= 15 is 0 Å². The zero-order valence-electron chi connectivity index (χ0n) is 14.6. The van der Waals surface area contributed by atoms with E-state index in [2.05, 4.69) is 25.0 Å².